The molecule has 0 fully saturated rings. The Hall–Kier alpha value is -2.87. The van der Waals surface area contributed by atoms with Gasteiger partial charge in [0, 0.05) is 0 Å². The Morgan fingerprint density at radius 1 is 0.750 bits per heavy atom. The highest BCUT2D eigenvalue weighted by molar-refractivity contribution is 6.21. The number of hydrogen-bond acceptors (Lipinski definition) is 2. The Balaban J connectivity index is 2.33. The molecule has 4 rings (SSSR count). The van der Waals surface area contributed by atoms with Crippen molar-refractivity contribution in [3.05, 3.63) is 71.3 Å². The number of aryl methyl sites for hydroxylation is 2. The maximum atomic E-state index is 12.3. The lowest BCUT2D eigenvalue weighted by atomic mass is 9.88. The summed E-state index contributed by atoms with van der Waals surface area (Å²) in [5.41, 5.74) is 3.07. The molecule has 0 aliphatic rings. The van der Waals surface area contributed by atoms with Crippen LogP contribution in [0.25, 0.3) is 32.3 Å². The Labute approximate surface area is 140 Å². The van der Waals surface area contributed by atoms with Gasteiger partial charge in [-0.1, -0.05) is 48.5 Å². The third-order valence-corrected chi connectivity index (χ3v) is 4.96. The number of ether oxygens (including phenoxy) is 1. The van der Waals surface area contributed by atoms with Gasteiger partial charge in [0.2, 0.25) is 0 Å². The monoisotopic (exact) mass is 314 g/mol. The number of benzene rings is 4. The molecule has 0 aliphatic carbocycles. The summed E-state index contributed by atoms with van der Waals surface area (Å²) in [6.07, 6.45) is 0. The van der Waals surface area contributed by atoms with Crippen molar-refractivity contribution in [2.24, 2.45) is 0 Å². The summed E-state index contributed by atoms with van der Waals surface area (Å²) in [4.78, 5) is 12.3. The van der Waals surface area contributed by atoms with Gasteiger partial charge < -0.3 is 4.74 Å². The molecule has 0 atom stereocenters. The summed E-state index contributed by atoms with van der Waals surface area (Å²) in [7, 11) is 1.43. The third kappa shape index (κ3) is 1.93. The second-order valence-electron chi connectivity index (χ2n) is 6.18. The van der Waals surface area contributed by atoms with Crippen LogP contribution >= 0.6 is 0 Å². The van der Waals surface area contributed by atoms with Gasteiger partial charge in [0.1, 0.15) is 0 Å². The molecule has 0 spiro atoms. The molecule has 0 aromatic heterocycles. The molecule has 0 saturated carbocycles. The average molecular weight is 314 g/mol. The van der Waals surface area contributed by atoms with E-state index in [1.165, 1.54) is 34.4 Å². The lowest BCUT2D eigenvalue weighted by molar-refractivity contribution is 0.0603. The summed E-state index contributed by atoms with van der Waals surface area (Å²) < 4.78 is 5.01. The molecule has 0 heterocycles. The SMILES string of the molecule is COC(=O)c1cc2c(C)c3ccccc3c(C)c2c2ccccc12. The van der Waals surface area contributed by atoms with Gasteiger partial charge in [-0.05, 0) is 63.4 Å². The normalized spacial score (nSPS) is 11.3. The second kappa shape index (κ2) is 5.34. The first kappa shape index (κ1) is 14.7. The molecule has 2 heteroatoms. The van der Waals surface area contributed by atoms with Crippen molar-refractivity contribution in [1.82, 2.24) is 0 Å². The zero-order chi connectivity index (χ0) is 16.8. The molecular formula is C22H18O2. The number of carbonyl (C=O) groups excluding carboxylic acids is 1. The van der Waals surface area contributed by atoms with E-state index in [9.17, 15) is 4.79 Å². The Morgan fingerprint density at radius 3 is 1.92 bits per heavy atom. The summed E-state index contributed by atoms with van der Waals surface area (Å²) in [5.74, 6) is -0.293. The van der Waals surface area contributed by atoms with Gasteiger partial charge in [0.25, 0.3) is 0 Å². The lowest BCUT2D eigenvalue weighted by Gasteiger charge is -2.16. The van der Waals surface area contributed by atoms with Crippen LogP contribution < -0.4 is 0 Å². The van der Waals surface area contributed by atoms with Crippen LogP contribution in [0.4, 0.5) is 0 Å². The molecule has 0 bridgehead atoms. The predicted molar refractivity (Wildman–Crippen MR) is 99.8 cm³/mol. The van der Waals surface area contributed by atoms with E-state index in [0.717, 1.165) is 16.2 Å². The number of fused-ring (bicyclic) bond motifs is 4. The van der Waals surface area contributed by atoms with Gasteiger partial charge in [0.05, 0.1) is 12.7 Å². The van der Waals surface area contributed by atoms with Crippen molar-refractivity contribution < 1.29 is 9.53 Å². The Bertz CT molecular complexity index is 1120. The Morgan fingerprint density at radius 2 is 1.29 bits per heavy atom. The van der Waals surface area contributed by atoms with Crippen LogP contribution in [0.2, 0.25) is 0 Å². The Kier molecular flexibility index (Phi) is 3.27. The van der Waals surface area contributed by atoms with Crippen molar-refractivity contribution >= 4 is 38.3 Å². The van der Waals surface area contributed by atoms with E-state index in [4.69, 9.17) is 4.74 Å². The zero-order valence-corrected chi connectivity index (χ0v) is 14.0. The predicted octanol–water partition coefficient (Wildman–Crippen LogP) is 5.55. The molecule has 4 aromatic carbocycles. The van der Waals surface area contributed by atoms with Crippen LogP contribution in [-0.2, 0) is 4.74 Å². The summed E-state index contributed by atoms with van der Waals surface area (Å²) >= 11 is 0. The number of methoxy groups -OCH3 is 1. The van der Waals surface area contributed by atoms with Crippen LogP contribution in [-0.4, -0.2) is 13.1 Å². The molecule has 4 aromatic rings. The number of hydrogen-bond donors (Lipinski definition) is 0. The smallest absolute Gasteiger partial charge is 0.338 e. The van der Waals surface area contributed by atoms with E-state index in [2.05, 4.69) is 44.2 Å². The molecule has 0 saturated heterocycles. The topological polar surface area (TPSA) is 26.3 Å². The fraction of sp³-hybridized carbons (Fsp3) is 0.136. The van der Waals surface area contributed by atoms with E-state index in [-0.39, 0.29) is 5.97 Å². The van der Waals surface area contributed by atoms with Crippen LogP contribution in [0.1, 0.15) is 21.5 Å². The van der Waals surface area contributed by atoms with Crippen molar-refractivity contribution in [3.63, 3.8) is 0 Å². The largest absolute Gasteiger partial charge is 0.465 e. The highest BCUT2D eigenvalue weighted by Crippen LogP contribution is 2.38. The molecule has 0 amide bonds. The molecule has 0 N–H and O–H groups in total. The summed E-state index contributed by atoms with van der Waals surface area (Å²) in [6.45, 7) is 4.29. The van der Waals surface area contributed by atoms with Gasteiger partial charge in [-0.3, -0.25) is 0 Å². The average Bonchev–Trinajstić information content (AvgIpc) is 2.64. The highest BCUT2D eigenvalue weighted by atomic mass is 16.5. The van der Waals surface area contributed by atoms with E-state index < -0.39 is 0 Å². The molecule has 0 unspecified atom stereocenters. The van der Waals surface area contributed by atoms with Crippen molar-refractivity contribution in [3.8, 4) is 0 Å². The molecule has 0 aliphatic heterocycles. The zero-order valence-electron chi connectivity index (χ0n) is 14.0. The van der Waals surface area contributed by atoms with Crippen LogP contribution in [0, 0.1) is 13.8 Å². The fourth-order valence-electron chi connectivity index (χ4n) is 3.77. The first-order valence-electron chi connectivity index (χ1n) is 8.05. The van der Waals surface area contributed by atoms with E-state index in [1.807, 2.05) is 24.3 Å². The van der Waals surface area contributed by atoms with Crippen molar-refractivity contribution in [1.29, 1.82) is 0 Å². The third-order valence-electron chi connectivity index (χ3n) is 4.96. The minimum Gasteiger partial charge on any atom is -0.465 e. The van der Waals surface area contributed by atoms with E-state index >= 15 is 0 Å². The fourth-order valence-corrected chi connectivity index (χ4v) is 3.77. The standard InChI is InChI=1S/C22H18O2/c1-13-15-8-4-5-9-16(15)14(2)21-18-11-7-6-10-17(18)20(12-19(13)21)22(23)24-3/h4-12H,1-3H3. The minimum absolute atomic E-state index is 0.293. The lowest BCUT2D eigenvalue weighted by Crippen LogP contribution is -2.03. The highest BCUT2D eigenvalue weighted by Gasteiger charge is 2.17. The molecule has 0 radical (unpaired) electrons. The van der Waals surface area contributed by atoms with Gasteiger partial charge in [-0.15, -0.1) is 0 Å². The number of esters is 1. The van der Waals surface area contributed by atoms with Crippen molar-refractivity contribution in [2.45, 2.75) is 13.8 Å². The first-order chi connectivity index (χ1) is 11.6. The van der Waals surface area contributed by atoms with Crippen LogP contribution in [0.5, 0.6) is 0 Å². The quantitative estimate of drug-likeness (QED) is 0.261. The maximum absolute atomic E-state index is 12.3. The van der Waals surface area contributed by atoms with Gasteiger partial charge >= 0.3 is 5.97 Å². The van der Waals surface area contributed by atoms with Crippen LogP contribution in [0.15, 0.2) is 54.6 Å². The molecule has 24 heavy (non-hydrogen) atoms. The molecule has 118 valence electrons. The second-order valence-corrected chi connectivity index (χ2v) is 6.18. The van der Waals surface area contributed by atoms with Gasteiger partial charge in [0.15, 0.2) is 0 Å². The van der Waals surface area contributed by atoms with E-state index in [0.29, 0.717) is 5.56 Å². The number of carbonyl (C=O) groups is 1. The van der Waals surface area contributed by atoms with E-state index in [1.54, 1.807) is 0 Å². The molecule has 2 nitrogen and oxygen atoms in total. The van der Waals surface area contributed by atoms with Gasteiger partial charge in [-0.25, -0.2) is 4.79 Å². The maximum Gasteiger partial charge on any atom is 0.338 e. The van der Waals surface area contributed by atoms with Gasteiger partial charge in [-0.2, -0.15) is 0 Å². The minimum atomic E-state index is -0.293. The van der Waals surface area contributed by atoms with Crippen LogP contribution in [0.3, 0.4) is 0 Å². The van der Waals surface area contributed by atoms with Crippen molar-refractivity contribution in [2.75, 3.05) is 7.11 Å². The summed E-state index contributed by atoms with van der Waals surface area (Å²) in [6, 6.07) is 18.5. The molecular weight excluding hydrogens is 296 g/mol. The summed E-state index contributed by atoms with van der Waals surface area (Å²) in [5, 5.41) is 6.86. The number of rotatable bonds is 1. The first-order valence-corrected chi connectivity index (χ1v) is 8.05.